The van der Waals surface area contributed by atoms with Gasteiger partial charge >= 0.3 is 6.18 Å². The Morgan fingerprint density at radius 3 is 2.48 bits per heavy atom. The van der Waals surface area contributed by atoms with Crippen LogP contribution in [0.5, 0.6) is 0 Å². The summed E-state index contributed by atoms with van der Waals surface area (Å²) in [6, 6.07) is 10.1. The van der Waals surface area contributed by atoms with E-state index in [2.05, 4.69) is 15.5 Å². The predicted molar refractivity (Wildman–Crippen MR) is 76.5 cm³/mol. The molecule has 0 bridgehead atoms. The topological polar surface area (TPSA) is 37.3 Å². The van der Waals surface area contributed by atoms with Crippen LogP contribution in [0.4, 0.5) is 19.0 Å². The molecule has 110 valence electrons. The van der Waals surface area contributed by atoms with Gasteiger partial charge in [0, 0.05) is 6.20 Å². The van der Waals surface area contributed by atoms with E-state index in [0.29, 0.717) is 11.9 Å². The number of nitrogens with one attached hydrogen (secondary N) is 1. The van der Waals surface area contributed by atoms with Crippen LogP contribution in [0.1, 0.15) is 18.1 Å². The summed E-state index contributed by atoms with van der Waals surface area (Å²) in [7, 11) is 0. The largest absolute Gasteiger partial charge is 0.417 e. The minimum absolute atomic E-state index is 0.0694. The highest BCUT2D eigenvalue weighted by molar-refractivity contribution is 6.33. The Balaban J connectivity index is 2.17. The average Bonchev–Trinajstić information content (AvgIpc) is 2.45. The van der Waals surface area contributed by atoms with Gasteiger partial charge in [-0.2, -0.15) is 18.3 Å². The lowest BCUT2D eigenvalue weighted by molar-refractivity contribution is -0.137. The van der Waals surface area contributed by atoms with Crippen molar-refractivity contribution in [1.29, 1.82) is 0 Å². The van der Waals surface area contributed by atoms with E-state index >= 15 is 0 Å². The summed E-state index contributed by atoms with van der Waals surface area (Å²) in [6.07, 6.45) is -3.76. The summed E-state index contributed by atoms with van der Waals surface area (Å²) in [6.45, 7) is 1.76. The molecule has 0 saturated carbocycles. The second-order valence-electron chi connectivity index (χ2n) is 4.23. The molecule has 0 fully saturated rings. The normalized spacial score (nSPS) is 12.3. The van der Waals surface area contributed by atoms with Gasteiger partial charge in [-0.3, -0.25) is 5.43 Å². The lowest BCUT2D eigenvalue weighted by Gasteiger charge is -2.09. The molecule has 0 spiro atoms. The molecule has 1 aromatic carbocycles. The van der Waals surface area contributed by atoms with Crippen molar-refractivity contribution in [3.63, 3.8) is 0 Å². The molecule has 0 unspecified atom stereocenters. The van der Waals surface area contributed by atoms with Crippen LogP contribution in [0.15, 0.2) is 47.7 Å². The molecule has 0 aliphatic rings. The van der Waals surface area contributed by atoms with Gasteiger partial charge in [0.05, 0.1) is 16.3 Å². The molecule has 1 N–H and O–H groups in total. The minimum Gasteiger partial charge on any atom is -0.260 e. The fourth-order valence-corrected chi connectivity index (χ4v) is 1.76. The molecular weight excluding hydrogens is 303 g/mol. The van der Waals surface area contributed by atoms with Crippen molar-refractivity contribution in [1.82, 2.24) is 4.98 Å². The van der Waals surface area contributed by atoms with E-state index in [1.54, 1.807) is 6.92 Å². The second kappa shape index (κ2) is 6.13. The Morgan fingerprint density at radius 1 is 1.24 bits per heavy atom. The maximum absolute atomic E-state index is 12.5. The van der Waals surface area contributed by atoms with Crippen LogP contribution in [0.3, 0.4) is 0 Å². The van der Waals surface area contributed by atoms with Crippen LogP contribution in [-0.4, -0.2) is 10.7 Å². The molecule has 21 heavy (non-hydrogen) atoms. The van der Waals surface area contributed by atoms with Crippen molar-refractivity contribution in [3.05, 3.63) is 58.7 Å². The molecule has 2 rings (SSSR count). The first-order valence-corrected chi connectivity index (χ1v) is 6.34. The standard InChI is InChI=1S/C14H11ClF3N3/c1-9(10-5-3-2-4-6-10)20-21-13-12(15)7-11(8-19-13)14(16,17)18/h2-8H,1H3,(H,19,21)/b20-9-. The maximum atomic E-state index is 12.5. The third-order valence-corrected chi connectivity index (χ3v) is 2.98. The van der Waals surface area contributed by atoms with Crippen molar-refractivity contribution in [2.45, 2.75) is 13.1 Å². The first kappa shape index (κ1) is 15.3. The third kappa shape index (κ3) is 3.95. The van der Waals surface area contributed by atoms with E-state index in [4.69, 9.17) is 11.6 Å². The summed E-state index contributed by atoms with van der Waals surface area (Å²) in [5.41, 5.74) is 3.21. The number of alkyl halides is 3. The Bertz CT molecular complexity index is 654. The van der Waals surface area contributed by atoms with Gasteiger partial charge in [-0.15, -0.1) is 0 Å². The Morgan fingerprint density at radius 2 is 1.90 bits per heavy atom. The Hall–Kier alpha value is -2.08. The highest BCUT2D eigenvalue weighted by atomic mass is 35.5. The van der Waals surface area contributed by atoms with Gasteiger partial charge in [-0.1, -0.05) is 41.9 Å². The van der Waals surface area contributed by atoms with E-state index in [1.165, 1.54) is 0 Å². The molecule has 0 radical (unpaired) electrons. The van der Waals surface area contributed by atoms with Crippen LogP contribution < -0.4 is 5.43 Å². The van der Waals surface area contributed by atoms with Gasteiger partial charge in [0.25, 0.3) is 0 Å². The predicted octanol–water partition coefficient (Wildman–Crippen LogP) is 4.59. The van der Waals surface area contributed by atoms with Gasteiger partial charge in [-0.05, 0) is 18.6 Å². The molecular formula is C14H11ClF3N3. The third-order valence-electron chi connectivity index (χ3n) is 2.69. The molecule has 0 atom stereocenters. The smallest absolute Gasteiger partial charge is 0.260 e. The van der Waals surface area contributed by atoms with Crippen LogP contribution >= 0.6 is 11.6 Å². The Labute approximate surface area is 124 Å². The molecule has 2 aromatic rings. The number of hydrazone groups is 1. The van der Waals surface area contributed by atoms with Crippen LogP contribution in [0.2, 0.25) is 5.02 Å². The maximum Gasteiger partial charge on any atom is 0.417 e. The molecule has 0 saturated heterocycles. The molecule has 0 aliphatic carbocycles. The summed E-state index contributed by atoms with van der Waals surface area (Å²) in [5, 5.41) is 3.91. The van der Waals surface area contributed by atoms with Crippen molar-refractivity contribution < 1.29 is 13.2 Å². The first-order chi connectivity index (χ1) is 9.88. The minimum atomic E-state index is -4.47. The molecule has 1 aromatic heterocycles. The zero-order valence-electron chi connectivity index (χ0n) is 10.9. The average molecular weight is 314 g/mol. The number of benzene rings is 1. The second-order valence-corrected chi connectivity index (χ2v) is 4.63. The summed E-state index contributed by atoms with van der Waals surface area (Å²) < 4.78 is 37.5. The molecule has 3 nitrogen and oxygen atoms in total. The number of anilines is 1. The zero-order valence-corrected chi connectivity index (χ0v) is 11.7. The van der Waals surface area contributed by atoms with Crippen molar-refractivity contribution in [2.75, 3.05) is 5.43 Å². The highest BCUT2D eigenvalue weighted by Crippen LogP contribution is 2.32. The molecule has 0 aliphatic heterocycles. The number of rotatable bonds is 3. The SMILES string of the molecule is C/C(=N/Nc1ncc(C(F)(F)F)cc1Cl)c1ccccc1. The fourth-order valence-electron chi connectivity index (χ4n) is 1.56. The van der Waals surface area contributed by atoms with Gasteiger partial charge in [0.1, 0.15) is 0 Å². The van der Waals surface area contributed by atoms with E-state index in [0.717, 1.165) is 11.6 Å². The molecule has 7 heteroatoms. The summed E-state index contributed by atoms with van der Waals surface area (Å²) in [5.74, 6) is 0.0694. The number of hydrogen-bond acceptors (Lipinski definition) is 3. The van der Waals surface area contributed by atoms with Gasteiger partial charge < -0.3 is 0 Å². The highest BCUT2D eigenvalue weighted by Gasteiger charge is 2.31. The summed E-state index contributed by atoms with van der Waals surface area (Å²) in [4.78, 5) is 3.64. The van der Waals surface area contributed by atoms with Gasteiger partial charge in [0.2, 0.25) is 0 Å². The summed E-state index contributed by atoms with van der Waals surface area (Å²) >= 11 is 5.77. The number of nitrogens with zero attached hydrogens (tertiary/aromatic N) is 2. The number of pyridine rings is 1. The lowest BCUT2D eigenvalue weighted by atomic mass is 10.1. The zero-order chi connectivity index (χ0) is 15.5. The van der Waals surface area contributed by atoms with Crippen LogP contribution in [0, 0.1) is 0 Å². The monoisotopic (exact) mass is 313 g/mol. The van der Waals surface area contributed by atoms with Crippen LogP contribution in [0.25, 0.3) is 0 Å². The first-order valence-electron chi connectivity index (χ1n) is 5.96. The number of halogens is 4. The van der Waals surface area contributed by atoms with Gasteiger partial charge in [0.15, 0.2) is 5.82 Å². The number of hydrogen-bond donors (Lipinski definition) is 1. The van der Waals surface area contributed by atoms with Crippen molar-refractivity contribution in [3.8, 4) is 0 Å². The van der Waals surface area contributed by atoms with E-state index in [1.807, 2.05) is 30.3 Å². The molecule has 1 heterocycles. The van der Waals surface area contributed by atoms with Crippen molar-refractivity contribution >= 4 is 23.1 Å². The number of aromatic nitrogens is 1. The van der Waals surface area contributed by atoms with Crippen LogP contribution in [-0.2, 0) is 6.18 Å². The Kier molecular flexibility index (Phi) is 4.47. The molecule has 0 amide bonds. The van der Waals surface area contributed by atoms with E-state index in [-0.39, 0.29) is 10.8 Å². The quantitative estimate of drug-likeness (QED) is 0.664. The van der Waals surface area contributed by atoms with Gasteiger partial charge in [-0.25, -0.2) is 4.98 Å². The lowest BCUT2D eigenvalue weighted by Crippen LogP contribution is -2.07. The fraction of sp³-hybridized carbons (Fsp3) is 0.143. The van der Waals surface area contributed by atoms with E-state index in [9.17, 15) is 13.2 Å². The van der Waals surface area contributed by atoms with Crippen molar-refractivity contribution in [2.24, 2.45) is 5.10 Å². The van der Waals surface area contributed by atoms with E-state index < -0.39 is 11.7 Å².